The molecular formula is C20H36N4O3. The fourth-order valence-corrected chi connectivity index (χ4v) is 3.66. The Balaban J connectivity index is 1.51. The number of nitrogens with one attached hydrogen (secondary N) is 2. The molecule has 27 heavy (non-hydrogen) atoms. The fourth-order valence-electron chi connectivity index (χ4n) is 3.66. The molecule has 0 aromatic rings. The highest BCUT2D eigenvalue weighted by Gasteiger charge is 2.24. The van der Waals surface area contributed by atoms with E-state index in [9.17, 15) is 14.4 Å². The zero-order valence-electron chi connectivity index (χ0n) is 17.0. The van der Waals surface area contributed by atoms with Crippen molar-refractivity contribution in [1.82, 2.24) is 20.4 Å². The molecule has 2 fully saturated rings. The fraction of sp³-hybridized carbons (Fsp3) is 0.850. The Bertz CT molecular complexity index is 495. The van der Waals surface area contributed by atoms with E-state index in [0.29, 0.717) is 51.5 Å². The first-order chi connectivity index (χ1) is 13.0. The van der Waals surface area contributed by atoms with Crippen LogP contribution in [-0.4, -0.2) is 72.8 Å². The van der Waals surface area contributed by atoms with Crippen molar-refractivity contribution in [2.75, 3.05) is 39.3 Å². The number of hydrogen-bond acceptors (Lipinski definition) is 4. The van der Waals surface area contributed by atoms with Crippen molar-refractivity contribution in [2.45, 2.75) is 64.8 Å². The average molecular weight is 381 g/mol. The number of nitrogens with zero attached hydrogens (tertiary/aromatic N) is 2. The molecule has 0 saturated carbocycles. The first-order valence-corrected chi connectivity index (χ1v) is 10.5. The quantitative estimate of drug-likeness (QED) is 0.588. The summed E-state index contributed by atoms with van der Waals surface area (Å²) in [5, 5.41) is 6.16. The minimum absolute atomic E-state index is 0.0161. The van der Waals surface area contributed by atoms with Crippen molar-refractivity contribution >= 4 is 17.7 Å². The lowest BCUT2D eigenvalue weighted by molar-refractivity contribution is -0.140. The van der Waals surface area contributed by atoms with Crippen LogP contribution in [0.2, 0.25) is 0 Å². The lowest BCUT2D eigenvalue weighted by Crippen LogP contribution is -2.50. The molecule has 7 heteroatoms. The summed E-state index contributed by atoms with van der Waals surface area (Å²) in [6.45, 7) is 8.31. The molecule has 0 aliphatic carbocycles. The van der Waals surface area contributed by atoms with Crippen LogP contribution in [0.3, 0.4) is 0 Å². The van der Waals surface area contributed by atoms with Crippen LogP contribution in [-0.2, 0) is 14.4 Å². The minimum atomic E-state index is -0.0161. The van der Waals surface area contributed by atoms with Crippen LogP contribution in [0.25, 0.3) is 0 Å². The lowest BCUT2D eigenvalue weighted by Gasteiger charge is -2.35. The van der Waals surface area contributed by atoms with Crippen LogP contribution in [0.1, 0.15) is 58.8 Å². The van der Waals surface area contributed by atoms with E-state index in [0.717, 1.165) is 38.6 Å². The summed E-state index contributed by atoms with van der Waals surface area (Å²) in [6, 6.07) is -0.0161. The van der Waals surface area contributed by atoms with E-state index in [1.807, 2.05) is 9.80 Å². The van der Waals surface area contributed by atoms with Gasteiger partial charge in [0.05, 0.1) is 6.04 Å². The van der Waals surface area contributed by atoms with Gasteiger partial charge >= 0.3 is 0 Å². The highest BCUT2D eigenvalue weighted by Crippen LogP contribution is 2.11. The Kier molecular flexibility index (Phi) is 9.04. The third kappa shape index (κ3) is 7.48. The molecule has 2 aliphatic heterocycles. The van der Waals surface area contributed by atoms with Gasteiger partial charge in [-0.1, -0.05) is 20.3 Å². The Labute approximate surface area is 163 Å². The first-order valence-electron chi connectivity index (χ1n) is 10.5. The van der Waals surface area contributed by atoms with Gasteiger partial charge in [0.2, 0.25) is 17.7 Å². The van der Waals surface area contributed by atoms with Crippen LogP contribution < -0.4 is 10.6 Å². The van der Waals surface area contributed by atoms with Gasteiger partial charge < -0.3 is 20.4 Å². The molecule has 2 aliphatic rings. The maximum atomic E-state index is 12.3. The molecule has 1 atom stereocenters. The summed E-state index contributed by atoms with van der Waals surface area (Å²) in [6.07, 6.45) is 5.83. The Morgan fingerprint density at radius 2 is 1.67 bits per heavy atom. The molecule has 0 bridgehead atoms. The van der Waals surface area contributed by atoms with Gasteiger partial charge in [0.1, 0.15) is 0 Å². The molecule has 2 saturated heterocycles. The topological polar surface area (TPSA) is 81.8 Å². The third-order valence-electron chi connectivity index (χ3n) is 5.31. The largest absolute Gasteiger partial charge is 0.355 e. The highest BCUT2D eigenvalue weighted by atomic mass is 16.2. The number of carbonyl (C=O) groups excluding carboxylic acids is 3. The molecule has 0 spiro atoms. The van der Waals surface area contributed by atoms with Crippen molar-refractivity contribution in [3.8, 4) is 0 Å². The summed E-state index contributed by atoms with van der Waals surface area (Å²) in [5.74, 6) is 0.863. The monoisotopic (exact) mass is 380 g/mol. The molecule has 1 unspecified atom stereocenters. The predicted molar refractivity (Wildman–Crippen MR) is 105 cm³/mol. The second-order valence-corrected chi connectivity index (χ2v) is 8.11. The van der Waals surface area contributed by atoms with Crippen LogP contribution in [0, 0.1) is 5.92 Å². The third-order valence-corrected chi connectivity index (χ3v) is 5.31. The van der Waals surface area contributed by atoms with Crippen molar-refractivity contribution in [3.63, 3.8) is 0 Å². The number of carbonyl (C=O) groups is 3. The van der Waals surface area contributed by atoms with Gasteiger partial charge in [0.25, 0.3) is 0 Å². The Hall–Kier alpha value is -1.63. The van der Waals surface area contributed by atoms with Crippen molar-refractivity contribution in [2.24, 2.45) is 5.92 Å². The zero-order chi connectivity index (χ0) is 19.6. The standard InChI is InChI=1S/C20H36N4O3/c1-16(2)15-19(26)24-13-11-23(12-14-24)18(25)8-4-3-5-9-22-20(27)17-7-6-10-21-17/h16-17,21H,3-15H2,1-2H3,(H,22,27). The number of rotatable bonds is 9. The van der Waals surface area contributed by atoms with Gasteiger partial charge in [-0.25, -0.2) is 0 Å². The molecule has 2 N–H and O–H groups in total. The van der Waals surface area contributed by atoms with E-state index in [1.54, 1.807) is 0 Å². The summed E-state index contributed by atoms with van der Waals surface area (Å²) in [7, 11) is 0. The summed E-state index contributed by atoms with van der Waals surface area (Å²) < 4.78 is 0. The predicted octanol–water partition coefficient (Wildman–Crippen LogP) is 1.13. The highest BCUT2D eigenvalue weighted by molar-refractivity contribution is 5.82. The Morgan fingerprint density at radius 3 is 2.26 bits per heavy atom. The second kappa shape index (κ2) is 11.3. The van der Waals surface area contributed by atoms with Gasteiger partial charge in [0.15, 0.2) is 0 Å². The normalized spacial score (nSPS) is 20.2. The number of amides is 3. The average Bonchev–Trinajstić information content (AvgIpc) is 3.18. The van der Waals surface area contributed by atoms with Crippen molar-refractivity contribution in [3.05, 3.63) is 0 Å². The zero-order valence-corrected chi connectivity index (χ0v) is 17.0. The van der Waals surface area contributed by atoms with E-state index in [-0.39, 0.29) is 23.8 Å². The van der Waals surface area contributed by atoms with Crippen LogP contribution in [0.4, 0.5) is 0 Å². The molecule has 3 amide bonds. The number of unbranched alkanes of at least 4 members (excludes halogenated alkanes) is 2. The molecule has 0 aromatic carbocycles. The van der Waals surface area contributed by atoms with Crippen LogP contribution >= 0.6 is 0 Å². The van der Waals surface area contributed by atoms with Gasteiger partial charge in [0, 0.05) is 45.6 Å². The van der Waals surface area contributed by atoms with Gasteiger partial charge in [-0.2, -0.15) is 0 Å². The van der Waals surface area contributed by atoms with Crippen LogP contribution in [0.5, 0.6) is 0 Å². The second-order valence-electron chi connectivity index (χ2n) is 8.11. The SMILES string of the molecule is CC(C)CC(=O)N1CCN(C(=O)CCCCCNC(=O)C2CCCN2)CC1. The van der Waals surface area contributed by atoms with Gasteiger partial charge in [-0.3, -0.25) is 14.4 Å². The molecule has 2 heterocycles. The van der Waals surface area contributed by atoms with Crippen LogP contribution in [0.15, 0.2) is 0 Å². The number of piperazine rings is 1. The lowest BCUT2D eigenvalue weighted by atomic mass is 10.1. The summed E-state index contributed by atoms with van der Waals surface area (Å²) in [5.41, 5.74) is 0. The van der Waals surface area contributed by atoms with E-state index in [2.05, 4.69) is 24.5 Å². The smallest absolute Gasteiger partial charge is 0.237 e. The first kappa shape index (κ1) is 21.7. The van der Waals surface area contributed by atoms with E-state index < -0.39 is 0 Å². The molecule has 0 aromatic heterocycles. The van der Waals surface area contributed by atoms with Crippen molar-refractivity contribution < 1.29 is 14.4 Å². The van der Waals surface area contributed by atoms with Crippen molar-refractivity contribution in [1.29, 1.82) is 0 Å². The Morgan fingerprint density at radius 1 is 1.00 bits per heavy atom. The summed E-state index contributed by atoms with van der Waals surface area (Å²) >= 11 is 0. The maximum Gasteiger partial charge on any atom is 0.237 e. The van der Waals surface area contributed by atoms with Gasteiger partial charge in [-0.15, -0.1) is 0 Å². The molecule has 154 valence electrons. The minimum Gasteiger partial charge on any atom is -0.355 e. The maximum absolute atomic E-state index is 12.3. The van der Waals surface area contributed by atoms with E-state index in [1.165, 1.54) is 0 Å². The molecule has 2 rings (SSSR count). The summed E-state index contributed by atoms with van der Waals surface area (Å²) in [4.78, 5) is 40.0. The number of hydrogen-bond donors (Lipinski definition) is 2. The van der Waals surface area contributed by atoms with E-state index in [4.69, 9.17) is 0 Å². The molecular weight excluding hydrogens is 344 g/mol. The van der Waals surface area contributed by atoms with E-state index >= 15 is 0 Å². The molecule has 0 radical (unpaired) electrons. The molecule has 7 nitrogen and oxygen atoms in total. The van der Waals surface area contributed by atoms with Gasteiger partial charge in [-0.05, 0) is 38.1 Å².